The summed E-state index contributed by atoms with van der Waals surface area (Å²) >= 11 is 6.00. The molecule has 0 aliphatic carbocycles. The molecule has 10 heteroatoms. The molecule has 0 bridgehead atoms. The number of nitro benzene ring substituents is 1. The Hall–Kier alpha value is -3.20. The van der Waals surface area contributed by atoms with Crippen molar-refractivity contribution in [3.8, 4) is 0 Å². The predicted octanol–water partition coefficient (Wildman–Crippen LogP) is 2.60. The molecule has 0 spiro atoms. The molecule has 1 atom stereocenters. The number of ether oxygens (including phenoxy) is 1. The molecular formula is C17H16ClN5O4. The van der Waals surface area contributed by atoms with Crippen molar-refractivity contribution in [2.45, 2.75) is 19.9 Å². The van der Waals surface area contributed by atoms with E-state index in [9.17, 15) is 14.9 Å². The van der Waals surface area contributed by atoms with Crippen molar-refractivity contribution in [2.24, 2.45) is 15.7 Å². The predicted molar refractivity (Wildman–Crippen MR) is 100 cm³/mol. The summed E-state index contributed by atoms with van der Waals surface area (Å²) in [5.41, 5.74) is 7.47. The quantitative estimate of drug-likeness (QED) is 0.365. The molecule has 0 saturated carbocycles. The van der Waals surface area contributed by atoms with Crippen LogP contribution in [0.1, 0.15) is 25.5 Å². The minimum atomic E-state index is -0.663. The van der Waals surface area contributed by atoms with Crippen molar-refractivity contribution in [1.29, 1.82) is 0 Å². The second kappa shape index (κ2) is 7.20. The van der Waals surface area contributed by atoms with E-state index in [1.54, 1.807) is 30.9 Å². The molecule has 2 aliphatic heterocycles. The van der Waals surface area contributed by atoms with Crippen molar-refractivity contribution in [1.82, 2.24) is 4.90 Å². The van der Waals surface area contributed by atoms with Crippen molar-refractivity contribution in [2.75, 3.05) is 6.61 Å². The zero-order valence-corrected chi connectivity index (χ0v) is 15.3. The van der Waals surface area contributed by atoms with Gasteiger partial charge in [-0.15, -0.1) is 0 Å². The van der Waals surface area contributed by atoms with Gasteiger partial charge in [-0.2, -0.15) is 0 Å². The molecule has 9 nitrogen and oxygen atoms in total. The number of carbonyl (C=O) groups excluding carboxylic acids is 1. The van der Waals surface area contributed by atoms with Crippen molar-refractivity contribution in [3.05, 3.63) is 62.1 Å². The Morgan fingerprint density at radius 2 is 2.07 bits per heavy atom. The van der Waals surface area contributed by atoms with Crippen LogP contribution in [0.15, 0.2) is 56.4 Å². The van der Waals surface area contributed by atoms with Crippen molar-refractivity contribution < 1.29 is 14.5 Å². The van der Waals surface area contributed by atoms with Gasteiger partial charge in [-0.1, -0.05) is 11.6 Å². The standard InChI is InChI=1S/C17H16ClN5O4/c1-3-27-17(24)12-9(2)21-16-13(19)15(18)20-8-22(16)14(12)10-4-6-11(7-5-10)23(25)26/h4-8,14H,3,19H2,1-2H3. The first-order chi connectivity index (χ1) is 12.8. The lowest BCUT2D eigenvalue weighted by molar-refractivity contribution is -0.384. The highest BCUT2D eigenvalue weighted by molar-refractivity contribution is 6.33. The Labute approximate surface area is 159 Å². The Morgan fingerprint density at radius 3 is 2.67 bits per heavy atom. The molecule has 0 aromatic heterocycles. The maximum Gasteiger partial charge on any atom is 0.338 e. The number of aliphatic imine (C=N–C) groups is 2. The van der Waals surface area contributed by atoms with Crippen LogP contribution in [-0.4, -0.2) is 34.6 Å². The van der Waals surface area contributed by atoms with E-state index in [0.717, 1.165) is 0 Å². The van der Waals surface area contributed by atoms with Crippen LogP contribution in [0.4, 0.5) is 5.69 Å². The second-order valence-electron chi connectivity index (χ2n) is 5.76. The van der Waals surface area contributed by atoms with E-state index in [4.69, 9.17) is 22.1 Å². The van der Waals surface area contributed by atoms with E-state index in [1.165, 1.54) is 18.5 Å². The lowest BCUT2D eigenvalue weighted by Gasteiger charge is -2.37. The van der Waals surface area contributed by atoms with Crippen LogP contribution in [0.2, 0.25) is 0 Å². The minimum absolute atomic E-state index is 0.0587. The van der Waals surface area contributed by atoms with Gasteiger partial charge in [0.2, 0.25) is 0 Å². The van der Waals surface area contributed by atoms with Gasteiger partial charge in [0.25, 0.3) is 5.69 Å². The topological polar surface area (TPSA) is 123 Å². The van der Waals surface area contributed by atoms with Crippen LogP contribution in [-0.2, 0) is 9.53 Å². The number of allylic oxidation sites excluding steroid dienone is 1. The van der Waals surface area contributed by atoms with E-state index in [0.29, 0.717) is 22.7 Å². The fraction of sp³-hybridized carbons (Fsp3) is 0.235. The lowest BCUT2D eigenvalue weighted by Crippen LogP contribution is -2.43. The summed E-state index contributed by atoms with van der Waals surface area (Å²) in [6.07, 6.45) is 1.43. The van der Waals surface area contributed by atoms with Crippen LogP contribution in [0.25, 0.3) is 0 Å². The molecule has 0 radical (unpaired) electrons. The third-order valence-corrected chi connectivity index (χ3v) is 4.43. The molecule has 0 amide bonds. The first kappa shape index (κ1) is 18.6. The van der Waals surface area contributed by atoms with Gasteiger partial charge in [0.1, 0.15) is 5.70 Å². The number of amidine groups is 1. The normalized spacial score (nSPS) is 19.0. The highest BCUT2D eigenvalue weighted by atomic mass is 35.5. The monoisotopic (exact) mass is 389 g/mol. The zero-order valence-electron chi connectivity index (χ0n) is 14.5. The fourth-order valence-electron chi connectivity index (χ4n) is 2.91. The van der Waals surface area contributed by atoms with Crippen LogP contribution in [0.5, 0.6) is 0 Å². The maximum absolute atomic E-state index is 12.6. The molecule has 1 unspecified atom stereocenters. The van der Waals surface area contributed by atoms with Crippen LogP contribution in [0.3, 0.4) is 0 Å². The Kier molecular flexibility index (Phi) is 4.95. The van der Waals surface area contributed by atoms with Crippen molar-refractivity contribution >= 4 is 35.4 Å². The van der Waals surface area contributed by atoms with E-state index >= 15 is 0 Å². The van der Waals surface area contributed by atoms with Gasteiger partial charge in [-0.3, -0.25) is 10.1 Å². The van der Waals surface area contributed by atoms with Gasteiger partial charge >= 0.3 is 5.97 Å². The number of hydrogen-bond acceptors (Lipinski definition) is 8. The summed E-state index contributed by atoms with van der Waals surface area (Å²) in [6, 6.07) is 5.22. The molecule has 2 heterocycles. The van der Waals surface area contributed by atoms with Crippen LogP contribution >= 0.6 is 11.6 Å². The summed E-state index contributed by atoms with van der Waals surface area (Å²) in [7, 11) is 0. The molecular weight excluding hydrogens is 374 g/mol. The number of nitrogens with two attached hydrogens (primary N) is 1. The van der Waals surface area contributed by atoms with Gasteiger partial charge in [0.05, 0.1) is 35.2 Å². The van der Waals surface area contributed by atoms with Gasteiger partial charge in [0, 0.05) is 12.1 Å². The third-order valence-electron chi connectivity index (χ3n) is 4.13. The Morgan fingerprint density at radius 1 is 1.41 bits per heavy atom. The highest BCUT2D eigenvalue weighted by Gasteiger charge is 2.38. The number of rotatable bonds is 4. The number of hydrogen-bond donors (Lipinski definition) is 1. The molecule has 1 aromatic rings. The molecule has 1 aromatic carbocycles. The Balaban J connectivity index is 2.15. The first-order valence-electron chi connectivity index (χ1n) is 8.04. The second-order valence-corrected chi connectivity index (χ2v) is 6.12. The highest BCUT2D eigenvalue weighted by Crippen LogP contribution is 2.38. The molecule has 2 aliphatic rings. The smallest absolute Gasteiger partial charge is 0.338 e. The molecule has 3 rings (SSSR count). The molecule has 0 saturated heterocycles. The summed E-state index contributed by atoms with van der Waals surface area (Å²) in [5.74, 6) is -0.183. The number of carbonyl (C=O) groups is 1. The summed E-state index contributed by atoms with van der Waals surface area (Å²) in [4.78, 5) is 33.1. The van der Waals surface area contributed by atoms with E-state index < -0.39 is 16.9 Å². The zero-order chi connectivity index (χ0) is 19.7. The van der Waals surface area contributed by atoms with E-state index in [2.05, 4.69) is 9.98 Å². The number of fused-ring (bicyclic) bond motifs is 1. The number of nitro groups is 1. The van der Waals surface area contributed by atoms with Crippen LogP contribution in [0, 0.1) is 10.1 Å². The van der Waals surface area contributed by atoms with E-state index in [-0.39, 0.29) is 23.1 Å². The number of nitrogens with zero attached hydrogens (tertiary/aromatic N) is 4. The summed E-state index contributed by atoms with van der Waals surface area (Å²) in [6.45, 7) is 3.57. The number of benzene rings is 1. The molecule has 140 valence electrons. The molecule has 0 fully saturated rings. The summed E-state index contributed by atoms with van der Waals surface area (Å²) < 4.78 is 5.18. The Bertz CT molecular complexity index is 933. The maximum atomic E-state index is 12.6. The average Bonchev–Trinajstić information content (AvgIpc) is 2.64. The summed E-state index contributed by atoms with van der Waals surface area (Å²) in [5, 5.41) is 11.0. The third kappa shape index (κ3) is 3.28. The van der Waals surface area contributed by atoms with Gasteiger partial charge in [0.15, 0.2) is 11.0 Å². The number of halogens is 1. The SMILES string of the molecule is CCOC(=O)C1=C(C)N=C2C(N)=C(Cl)N=CN2C1c1ccc([N+](=O)[O-])cc1. The largest absolute Gasteiger partial charge is 0.463 e. The number of non-ortho nitro benzene ring substituents is 1. The fourth-order valence-corrected chi connectivity index (χ4v) is 3.03. The lowest BCUT2D eigenvalue weighted by atomic mass is 9.93. The minimum Gasteiger partial charge on any atom is -0.463 e. The van der Waals surface area contributed by atoms with Gasteiger partial charge in [-0.25, -0.2) is 14.8 Å². The van der Waals surface area contributed by atoms with Crippen molar-refractivity contribution in [3.63, 3.8) is 0 Å². The molecule has 2 N–H and O–H groups in total. The average molecular weight is 390 g/mol. The van der Waals surface area contributed by atoms with Gasteiger partial charge in [-0.05, 0) is 31.5 Å². The van der Waals surface area contributed by atoms with Gasteiger partial charge < -0.3 is 15.4 Å². The van der Waals surface area contributed by atoms with Crippen LogP contribution < -0.4 is 5.73 Å². The molecule has 27 heavy (non-hydrogen) atoms. The van der Waals surface area contributed by atoms with E-state index in [1.807, 2.05) is 0 Å². The number of esters is 1. The first-order valence-corrected chi connectivity index (χ1v) is 8.42.